The van der Waals surface area contributed by atoms with Crippen LogP contribution in [-0.2, 0) is 0 Å². The van der Waals surface area contributed by atoms with Gasteiger partial charge in [0.1, 0.15) is 0 Å². The molecule has 1 heterocycles. The van der Waals surface area contributed by atoms with Gasteiger partial charge in [0.2, 0.25) is 0 Å². The summed E-state index contributed by atoms with van der Waals surface area (Å²) in [5.41, 5.74) is 0. The summed E-state index contributed by atoms with van der Waals surface area (Å²) in [5.74, 6) is 0.997. The lowest BCUT2D eigenvalue weighted by Crippen LogP contribution is -2.35. The molecule has 0 bridgehead atoms. The van der Waals surface area contributed by atoms with Crippen LogP contribution in [0.3, 0.4) is 0 Å². The molecule has 0 fully saturated rings. The maximum absolute atomic E-state index is 5.68. The van der Waals surface area contributed by atoms with E-state index in [1.807, 2.05) is 13.8 Å². The molecule has 13 heavy (non-hydrogen) atoms. The van der Waals surface area contributed by atoms with Crippen molar-refractivity contribution in [3.05, 3.63) is 0 Å². The first-order valence-electron chi connectivity index (χ1n) is 4.15. The summed E-state index contributed by atoms with van der Waals surface area (Å²) in [6.07, 6.45) is 0. The summed E-state index contributed by atoms with van der Waals surface area (Å²) in [4.78, 5) is 11.9. The summed E-state index contributed by atoms with van der Waals surface area (Å²) in [6.45, 7) is 5.44. The molecule has 1 rings (SSSR count). The van der Waals surface area contributed by atoms with Gasteiger partial charge in [0.15, 0.2) is 0 Å². The van der Waals surface area contributed by atoms with Gasteiger partial charge in [-0.15, -0.1) is 0 Å². The zero-order chi connectivity index (χ0) is 9.68. The Hall–Kier alpha value is -1.10. The van der Waals surface area contributed by atoms with Crippen LogP contribution in [0.5, 0.6) is 0 Å². The summed E-state index contributed by atoms with van der Waals surface area (Å²) in [5, 5.41) is 6.12. The Morgan fingerprint density at radius 3 is 2.54 bits per heavy atom. The molecule has 2 N–H and O–H groups in total. The third kappa shape index (κ3) is 3.02. The normalized spacial score (nSPS) is 15.8. The first kappa shape index (κ1) is 9.98. The SMILES string of the molecule is CCNC1=NC(NCC)=[N+]C(Cl)=N1. The molecule has 0 saturated carbocycles. The molecule has 0 amide bonds. The molecule has 1 aliphatic rings. The van der Waals surface area contributed by atoms with Gasteiger partial charge in [0.05, 0.1) is 0 Å². The molecular formula is C7H12ClN5+. The Morgan fingerprint density at radius 1 is 1.23 bits per heavy atom. The maximum Gasteiger partial charge on any atom is 0.384 e. The summed E-state index contributed by atoms with van der Waals surface area (Å²) < 4.78 is 0. The van der Waals surface area contributed by atoms with E-state index in [-0.39, 0.29) is 5.29 Å². The van der Waals surface area contributed by atoms with Crippen molar-refractivity contribution in [3.63, 3.8) is 0 Å². The van der Waals surface area contributed by atoms with Crippen LogP contribution < -0.4 is 15.6 Å². The average Bonchev–Trinajstić information content (AvgIpc) is 2.04. The molecule has 71 valence electrons. The minimum atomic E-state index is 0.196. The topological polar surface area (TPSA) is 62.9 Å². The van der Waals surface area contributed by atoms with Crippen molar-refractivity contribution in [2.75, 3.05) is 13.1 Å². The first-order valence-corrected chi connectivity index (χ1v) is 4.53. The highest BCUT2D eigenvalue weighted by Crippen LogP contribution is 1.90. The van der Waals surface area contributed by atoms with Crippen molar-refractivity contribution in [1.82, 2.24) is 15.6 Å². The van der Waals surface area contributed by atoms with Gasteiger partial charge in [0.25, 0.3) is 0 Å². The fourth-order valence-corrected chi connectivity index (χ4v) is 0.985. The molecule has 0 atom stereocenters. The lowest BCUT2D eigenvalue weighted by Gasteiger charge is -2.00. The lowest BCUT2D eigenvalue weighted by atomic mass is 10.7. The summed E-state index contributed by atoms with van der Waals surface area (Å²) in [6, 6.07) is 0. The number of hydrogen-bond acceptors (Lipinski definition) is 5. The predicted molar refractivity (Wildman–Crippen MR) is 55.2 cm³/mol. The molecule has 1 radical (unpaired) electrons. The van der Waals surface area contributed by atoms with Gasteiger partial charge in [-0.2, -0.15) is 0 Å². The van der Waals surface area contributed by atoms with Crippen LogP contribution in [0.4, 0.5) is 0 Å². The van der Waals surface area contributed by atoms with E-state index in [4.69, 9.17) is 11.6 Å². The van der Waals surface area contributed by atoms with Gasteiger partial charge in [-0.1, -0.05) is 15.0 Å². The molecule has 5 nitrogen and oxygen atoms in total. The number of nitrogens with one attached hydrogen (secondary N) is 2. The van der Waals surface area contributed by atoms with E-state index in [0.29, 0.717) is 11.9 Å². The van der Waals surface area contributed by atoms with E-state index in [2.05, 4.69) is 25.6 Å². The third-order valence-corrected chi connectivity index (χ3v) is 1.45. The molecule has 0 aliphatic carbocycles. The molecule has 0 aromatic rings. The summed E-state index contributed by atoms with van der Waals surface area (Å²) >= 11 is 5.68. The quantitative estimate of drug-likeness (QED) is 0.611. The van der Waals surface area contributed by atoms with Gasteiger partial charge < -0.3 is 5.32 Å². The number of hydrogen-bond donors (Lipinski definition) is 2. The molecule has 0 aromatic carbocycles. The number of rotatable bonds is 2. The van der Waals surface area contributed by atoms with Crippen molar-refractivity contribution in [2.24, 2.45) is 9.98 Å². The van der Waals surface area contributed by atoms with Crippen LogP contribution in [-0.4, -0.2) is 30.3 Å². The molecule has 0 unspecified atom stereocenters. The second-order valence-corrected chi connectivity index (χ2v) is 2.65. The van der Waals surface area contributed by atoms with E-state index >= 15 is 0 Å². The predicted octanol–water partition coefficient (Wildman–Crippen LogP) is -0.138. The van der Waals surface area contributed by atoms with E-state index in [1.54, 1.807) is 0 Å². The Bertz CT molecular complexity index is 261. The highest BCUT2D eigenvalue weighted by atomic mass is 35.5. The van der Waals surface area contributed by atoms with E-state index < -0.39 is 0 Å². The Labute approximate surface area is 82.0 Å². The fraction of sp³-hybridized carbons (Fsp3) is 0.571. The number of halogens is 1. The fourth-order valence-electron chi connectivity index (χ4n) is 0.824. The Kier molecular flexibility index (Phi) is 3.70. The van der Waals surface area contributed by atoms with Crippen molar-refractivity contribution in [3.8, 4) is 0 Å². The number of amidine groups is 1. The van der Waals surface area contributed by atoms with Crippen molar-refractivity contribution in [1.29, 1.82) is 0 Å². The second kappa shape index (κ2) is 4.81. The monoisotopic (exact) mass is 201 g/mol. The number of nitrogens with zero attached hydrogens (tertiary/aromatic N) is 3. The Morgan fingerprint density at radius 2 is 1.92 bits per heavy atom. The van der Waals surface area contributed by atoms with Crippen LogP contribution >= 0.6 is 11.6 Å². The highest BCUT2D eigenvalue weighted by Gasteiger charge is 2.18. The maximum atomic E-state index is 5.68. The van der Waals surface area contributed by atoms with Crippen molar-refractivity contribution < 1.29 is 0 Å². The van der Waals surface area contributed by atoms with Crippen LogP contribution in [0.25, 0.3) is 0 Å². The number of guanidine groups is 2. The lowest BCUT2D eigenvalue weighted by molar-refractivity contribution is 0.921. The van der Waals surface area contributed by atoms with Gasteiger partial charge in [-0.25, -0.2) is 0 Å². The van der Waals surface area contributed by atoms with Crippen molar-refractivity contribution in [2.45, 2.75) is 13.8 Å². The van der Waals surface area contributed by atoms with E-state index in [0.717, 1.165) is 13.1 Å². The van der Waals surface area contributed by atoms with Crippen LogP contribution in [0.2, 0.25) is 0 Å². The van der Waals surface area contributed by atoms with Gasteiger partial charge >= 0.3 is 17.2 Å². The average molecular weight is 202 g/mol. The van der Waals surface area contributed by atoms with E-state index in [9.17, 15) is 0 Å². The van der Waals surface area contributed by atoms with Gasteiger partial charge in [0, 0.05) is 13.1 Å². The van der Waals surface area contributed by atoms with Crippen molar-refractivity contribution >= 4 is 28.8 Å². The van der Waals surface area contributed by atoms with Gasteiger partial charge in [-0.05, 0) is 25.4 Å². The van der Waals surface area contributed by atoms with Gasteiger partial charge in [-0.3, -0.25) is 5.32 Å². The molecular weight excluding hydrogens is 190 g/mol. The smallest absolute Gasteiger partial charge is 0.333 e. The minimum absolute atomic E-state index is 0.196. The zero-order valence-electron chi connectivity index (χ0n) is 7.63. The highest BCUT2D eigenvalue weighted by molar-refractivity contribution is 6.66. The molecule has 0 spiro atoms. The molecule has 0 saturated heterocycles. The molecule has 0 aromatic heterocycles. The molecule has 6 heteroatoms. The van der Waals surface area contributed by atoms with Crippen LogP contribution in [0, 0.1) is 0 Å². The second-order valence-electron chi connectivity index (χ2n) is 2.31. The van der Waals surface area contributed by atoms with Crippen LogP contribution in [0.15, 0.2) is 9.98 Å². The molecule has 1 aliphatic heterocycles. The third-order valence-electron chi connectivity index (χ3n) is 1.28. The minimum Gasteiger partial charge on any atom is -0.333 e. The Balaban J connectivity index is 2.72. The zero-order valence-corrected chi connectivity index (χ0v) is 8.39. The van der Waals surface area contributed by atoms with E-state index in [1.165, 1.54) is 0 Å². The largest absolute Gasteiger partial charge is 0.384 e. The number of aliphatic imine (C=N–C) groups is 3. The first-order chi connectivity index (χ1) is 6.26. The standard InChI is InChI=1S/C7H12ClN5/c1-3-9-6-11-5(8)12-7(13-6)10-4-2/h3-4H2,1-2H3,(H2,9,10,11,13)/q+1. The van der Waals surface area contributed by atoms with Crippen LogP contribution in [0.1, 0.15) is 13.8 Å². The summed E-state index contributed by atoms with van der Waals surface area (Å²) in [7, 11) is 0.